The van der Waals surface area contributed by atoms with Gasteiger partial charge in [0.15, 0.2) is 0 Å². The van der Waals surface area contributed by atoms with Crippen molar-refractivity contribution in [2.24, 2.45) is 0 Å². The molecule has 2 aromatic rings. The maximum absolute atomic E-state index is 13.5. The lowest BCUT2D eigenvalue weighted by Gasteiger charge is -2.31. The molecule has 0 spiro atoms. The van der Waals surface area contributed by atoms with Crippen LogP contribution in [0.3, 0.4) is 0 Å². The molecular weight excluding hydrogens is 545 g/mol. The van der Waals surface area contributed by atoms with Crippen molar-refractivity contribution < 1.29 is 18.0 Å². The SMILES string of the molecule is Cc1ccccc1N(CCCC(=O)N(Cc1ccc(Cl)c(Cl)c1)[C@@H](C)C(=O)NC1CCCCC1)S(C)(=O)=O. The van der Waals surface area contributed by atoms with E-state index in [1.54, 1.807) is 37.3 Å². The summed E-state index contributed by atoms with van der Waals surface area (Å²) in [5.41, 5.74) is 2.18. The average Bonchev–Trinajstić information content (AvgIpc) is 2.87. The van der Waals surface area contributed by atoms with Gasteiger partial charge in [-0.25, -0.2) is 8.42 Å². The van der Waals surface area contributed by atoms with Crippen molar-refractivity contribution in [3.63, 3.8) is 0 Å². The van der Waals surface area contributed by atoms with E-state index in [1.165, 1.54) is 15.6 Å². The number of amides is 2. The molecule has 7 nitrogen and oxygen atoms in total. The first-order valence-corrected chi connectivity index (χ1v) is 15.6. The Hall–Kier alpha value is -2.29. The Bertz CT molecular complexity index is 1230. The third-order valence-electron chi connectivity index (χ3n) is 6.99. The molecular formula is C28H37Cl2N3O4S. The number of para-hydroxylation sites is 1. The fourth-order valence-corrected chi connectivity index (χ4v) is 6.16. The summed E-state index contributed by atoms with van der Waals surface area (Å²) >= 11 is 12.3. The van der Waals surface area contributed by atoms with Crippen LogP contribution in [0.25, 0.3) is 0 Å². The molecule has 0 heterocycles. The van der Waals surface area contributed by atoms with Gasteiger partial charge in [0.1, 0.15) is 6.04 Å². The quantitative estimate of drug-likeness (QED) is 0.368. The Morgan fingerprint density at radius 2 is 1.74 bits per heavy atom. The maximum Gasteiger partial charge on any atom is 0.242 e. The molecule has 10 heteroatoms. The minimum Gasteiger partial charge on any atom is -0.352 e. The number of hydrogen-bond donors (Lipinski definition) is 1. The monoisotopic (exact) mass is 581 g/mol. The molecule has 1 atom stereocenters. The predicted molar refractivity (Wildman–Crippen MR) is 154 cm³/mol. The van der Waals surface area contributed by atoms with E-state index in [1.807, 2.05) is 19.1 Å². The minimum absolute atomic E-state index is 0.0836. The van der Waals surface area contributed by atoms with Crippen molar-refractivity contribution in [2.45, 2.75) is 77.4 Å². The smallest absolute Gasteiger partial charge is 0.242 e. The number of aryl methyl sites for hydroxylation is 1. The highest BCUT2D eigenvalue weighted by molar-refractivity contribution is 7.92. The Morgan fingerprint density at radius 3 is 2.37 bits per heavy atom. The largest absolute Gasteiger partial charge is 0.352 e. The fraction of sp³-hybridized carbons (Fsp3) is 0.500. The van der Waals surface area contributed by atoms with Gasteiger partial charge in [0.25, 0.3) is 0 Å². The number of sulfonamides is 1. The van der Waals surface area contributed by atoms with Crippen LogP contribution >= 0.6 is 23.2 Å². The second-order valence-electron chi connectivity index (χ2n) is 10.0. The van der Waals surface area contributed by atoms with Gasteiger partial charge in [0, 0.05) is 25.6 Å². The van der Waals surface area contributed by atoms with Gasteiger partial charge in [-0.1, -0.05) is 66.7 Å². The fourth-order valence-electron chi connectivity index (χ4n) is 4.81. The normalized spacial score (nSPS) is 15.1. The Kier molecular flexibility index (Phi) is 10.9. The molecule has 0 aliphatic heterocycles. The number of rotatable bonds is 11. The number of nitrogens with one attached hydrogen (secondary N) is 1. The van der Waals surface area contributed by atoms with E-state index in [0.29, 0.717) is 22.2 Å². The molecule has 1 aliphatic carbocycles. The van der Waals surface area contributed by atoms with Crippen LogP contribution in [-0.2, 0) is 26.2 Å². The van der Waals surface area contributed by atoms with Gasteiger partial charge >= 0.3 is 0 Å². The van der Waals surface area contributed by atoms with Crippen molar-refractivity contribution in [1.29, 1.82) is 0 Å². The molecule has 2 aromatic carbocycles. The number of carbonyl (C=O) groups excluding carboxylic acids is 2. The number of halogens is 2. The van der Waals surface area contributed by atoms with E-state index in [4.69, 9.17) is 23.2 Å². The van der Waals surface area contributed by atoms with Crippen LogP contribution in [0.4, 0.5) is 5.69 Å². The van der Waals surface area contributed by atoms with Crippen molar-refractivity contribution in [1.82, 2.24) is 10.2 Å². The summed E-state index contributed by atoms with van der Waals surface area (Å²) in [7, 11) is -3.55. The van der Waals surface area contributed by atoms with Gasteiger partial charge < -0.3 is 10.2 Å². The molecule has 38 heavy (non-hydrogen) atoms. The second kappa shape index (κ2) is 13.7. The Balaban J connectivity index is 1.74. The highest BCUT2D eigenvalue weighted by atomic mass is 35.5. The summed E-state index contributed by atoms with van der Waals surface area (Å²) in [6, 6.07) is 11.8. The van der Waals surface area contributed by atoms with Crippen LogP contribution in [0.1, 0.15) is 63.0 Å². The average molecular weight is 583 g/mol. The molecule has 0 unspecified atom stereocenters. The number of benzene rings is 2. The van der Waals surface area contributed by atoms with Crippen LogP contribution < -0.4 is 9.62 Å². The standard InChI is InChI=1S/C28H37Cl2N3O4S/c1-20-10-7-8-13-26(20)33(38(3,36)37)17-9-14-27(34)32(19-22-15-16-24(29)25(30)18-22)21(2)28(35)31-23-11-5-4-6-12-23/h7-8,10,13,15-16,18,21,23H,4-6,9,11-12,14,17,19H2,1-3H3,(H,31,35)/t21-/m0/s1. The highest BCUT2D eigenvalue weighted by Crippen LogP contribution is 2.25. The molecule has 0 aromatic heterocycles. The molecule has 1 aliphatic rings. The zero-order chi connectivity index (χ0) is 27.9. The lowest BCUT2D eigenvalue weighted by atomic mass is 9.95. The lowest BCUT2D eigenvalue weighted by Crippen LogP contribution is -2.50. The van der Waals surface area contributed by atoms with Crippen molar-refractivity contribution in [2.75, 3.05) is 17.1 Å². The van der Waals surface area contributed by atoms with Crippen LogP contribution in [0.2, 0.25) is 10.0 Å². The first-order chi connectivity index (χ1) is 18.0. The summed E-state index contributed by atoms with van der Waals surface area (Å²) in [5.74, 6) is -0.427. The van der Waals surface area contributed by atoms with Gasteiger partial charge in [0.2, 0.25) is 21.8 Å². The van der Waals surface area contributed by atoms with Gasteiger partial charge in [-0.15, -0.1) is 0 Å². The van der Waals surface area contributed by atoms with Crippen molar-refractivity contribution in [3.8, 4) is 0 Å². The van der Waals surface area contributed by atoms with Crippen LogP contribution in [0, 0.1) is 6.92 Å². The minimum atomic E-state index is -3.55. The predicted octanol–water partition coefficient (Wildman–Crippen LogP) is 5.71. The molecule has 0 bridgehead atoms. The summed E-state index contributed by atoms with van der Waals surface area (Å²) in [5, 5.41) is 3.90. The van der Waals surface area contributed by atoms with Gasteiger partial charge in [-0.3, -0.25) is 13.9 Å². The number of nitrogens with zero attached hydrogens (tertiary/aromatic N) is 2. The summed E-state index contributed by atoms with van der Waals surface area (Å²) < 4.78 is 26.4. The number of carbonyl (C=O) groups is 2. The number of hydrogen-bond acceptors (Lipinski definition) is 4. The first-order valence-electron chi connectivity index (χ1n) is 13.0. The molecule has 1 N–H and O–H groups in total. The molecule has 208 valence electrons. The van der Waals surface area contributed by atoms with Gasteiger partial charge in [-0.05, 0) is 62.4 Å². The zero-order valence-corrected chi connectivity index (χ0v) is 24.6. The zero-order valence-electron chi connectivity index (χ0n) is 22.3. The van der Waals surface area contributed by atoms with E-state index in [2.05, 4.69) is 5.32 Å². The second-order valence-corrected chi connectivity index (χ2v) is 12.7. The van der Waals surface area contributed by atoms with Gasteiger partial charge in [-0.2, -0.15) is 0 Å². The molecule has 1 fully saturated rings. The highest BCUT2D eigenvalue weighted by Gasteiger charge is 2.28. The summed E-state index contributed by atoms with van der Waals surface area (Å²) in [4.78, 5) is 28.2. The third-order valence-corrected chi connectivity index (χ3v) is 8.91. The topological polar surface area (TPSA) is 86.8 Å². The number of anilines is 1. The van der Waals surface area contributed by atoms with Crippen molar-refractivity contribution in [3.05, 3.63) is 63.6 Å². The molecule has 3 rings (SSSR count). The molecule has 1 saturated carbocycles. The van der Waals surface area contributed by atoms with E-state index in [9.17, 15) is 18.0 Å². The van der Waals surface area contributed by atoms with Gasteiger partial charge in [0.05, 0.1) is 22.0 Å². The van der Waals surface area contributed by atoms with E-state index < -0.39 is 16.1 Å². The van der Waals surface area contributed by atoms with Crippen LogP contribution in [0.5, 0.6) is 0 Å². The summed E-state index contributed by atoms with van der Waals surface area (Å²) in [6.45, 7) is 3.91. The molecule has 2 amide bonds. The molecule has 0 radical (unpaired) electrons. The Labute approximate surface area is 236 Å². The Morgan fingerprint density at radius 1 is 1.05 bits per heavy atom. The van der Waals surface area contributed by atoms with Crippen LogP contribution in [-0.4, -0.2) is 50.0 Å². The van der Waals surface area contributed by atoms with E-state index >= 15 is 0 Å². The van der Waals surface area contributed by atoms with E-state index in [0.717, 1.165) is 43.1 Å². The van der Waals surface area contributed by atoms with E-state index in [-0.39, 0.29) is 37.4 Å². The maximum atomic E-state index is 13.5. The first kappa shape index (κ1) is 30.3. The summed E-state index contributed by atoms with van der Waals surface area (Å²) in [6.07, 6.45) is 6.78. The van der Waals surface area contributed by atoms with Crippen LogP contribution in [0.15, 0.2) is 42.5 Å². The molecule has 0 saturated heterocycles. The van der Waals surface area contributed by atoms with Crippen molar-refractivity contribution >= 4 is 50.7 Å². The lowest BCUT2D eigenvalue weighted by molar-refractivity contribution is -0.141. The third kappa shape index (κ3) is 8.35.